The second-order valence-corrected chi connectivity index (χ2v) is 9.00. The molecule has 166 valence electrons. The molecular formula is C25H32ClN3O2. The van der Waals surface area contributed by atoms with Crippen LogP contribution in [0.15, 0.2) is 48.5 Å². The number of ether oxygens (including phenoxy) is 1. The maximum absolute atomic E-state index is 12.9. The molecule has 1 amide bonds. The second-order valence-electron chi connectivity index (χ2n) is 8.59. The fourth-order valence-electron chi connectivity index (χ4n) is 4.47. The Labute approximate surface area is 190 Å². The largest absolute Gasteiger partial charge is 0.379 e. The zero-order valence-electron chi connectivity index (χ0n) is 18.1. The molecule has 2 fully saturated rings. The number of carbonyl (C=O) groups is 1. The van der Waals surface area contributed by atoms with Gasteiger partial charge in [0.15, 0.2) is 0 Å². The fourth-order valence-corrected chi connectivity index (χ4v) is 4.67. The van der Waals surface area contributed by atoms with E-state index in [1.54, 1.807) is 0 Å². The number of likely N-dealkylation sites (tertiary alicyclic amines) is 1. The van der Waals surface area contributed by atoms with Gasteiger partial charge in [-0.25, -0.2) is 0 Å². The number of nitrogens with zero attached hydrogens (tertiary/aromatic N) is 2. The van der Waals surface area contributed by atoms with E-state index >= 15 is 0 Å². The van der Waals surface area contributed by atoms with Gasteiger partial charge >= 0.3 is 0 Å². The molecule has 0 spiro atoms. The van der Waals surface area contributed by atoms with Crippen LogP contribution >= 0.6 is 11.6 Å². The highest BCUT2D eigenvalue weighted by atomic mass is 35.5. The summed E-state index contributed by atoms with van der Waals surface area (Å²) in [5.41, 5.74) is 3.57. The lowest BCUT2D eigenvalue weighted by molar-refractivity contribution is -0.126. The summed E-state index contributed by atoms with van der Waals surface area (Å²) in [4.78, 5) is 17.6. The number of amides is 1. The van der Waals surface area contributed by atoms with E-state index < -0.39 is 0 Å². The number of rotatable bonds is 7. The molecule has 0 saturated carbocycles. The minimum absolute atomic E-state index is 0.0350. The van der Waals surface area contributed by atoms with E-state index in [-0.39, 0.29) is 11.8 Å². The highest BCUT2D eigenvalue weighted by Gasteiger charge is 2.26. The van der Waals surface area contributed by atoms with Crippen molar-refractivity contribution in [2.45, 2.75) is 32.5 Å². The summed E-state index contributed by atoms with van der Waals surface area (Å²) in [6.07, 6.45) is 1.99. The zero-order valence-corrected chi connectivity index (χ0v) is 18.8. The van der Waals surface area contributed by atoms with Crippen LogP contribution in [0.25, 0.3) is 0 Å². The van der Waals surface area contributed by atoms with Gasteiger partial charge < -0.3 is 10.1 Å². The van der Waals surface area contributed by atoms with Crippen molar-refractivity contribution in [1.29, 1.82) is 0 Å². The first-order valence-electron chi connectivity index (χ1n) is 11.3. The third kappa shape index (κ3) is 6.53. The molecule has 2 aromatic carbocycles. The van der Waals surface area contributed by atoms with Gasteiger partial charge in [0.2, 0.25) is 5.91 Å². The first-order chi connectivity index (χ1) is 15.2. The summed E-state index contributed by atoms with van der Waals surface area (Å²) >= 11 is 6.32. The quantitative estimate of drug-likeness (QED) is 0.711. The summed E-state index contributed by atoms with van der Waals surface area (Å²) in [5, 5.41) is 3.97. The van der Waals surface area contributed by atoms with Crippen LogP contribution < -0.4 is 5.32 Å². The van der Waals surface area contributed by atoms with Crippen LogP contribution in [-0.4, -0.2) is 55.1 Å². The Hall–Kier alpha value is -1.92. The monoisotopic (exact) mass is 441 g/mol. The summed E-state index contributed by atoms with van der Waals surface area (Å²) in [7, 11) is 0. The molecule has 6 heteroatoms. The molecule has 2 saturated heterocycles. The van der Waals surface area contributed by atoms with Gasteiger partial charge in [-0.05, 0) is 42.1 Å². The average molecular weight is 442 g/mol. The molecule has 2 aliphatic rings. The minimum Gasteiger partial charge on any atom is -0.379 e. The third-order valence-electron chi connectivity index (χ3n) is 6.20. The molecule has 2 aliphatic heterocycles. The molecule has 1 N–H and O–H groups in total. The summed E-state index contributed by atoms with van der Waals surface area (Å²) in [5.74, 6) is 0.190. The number of nitrogens with one attached hydrogen (secondary N) is 1. The van der Waals surface area contributed by atoms with Crippen molar-refractivity contribution in [3.63, 3.8) is 0 Å². The Morgan fingerprint density at radius 3 is 2.65 bits per heavy atom. The minimum atomic E-state index is 0.0350. The van der Waals surface area contributed by atoms with Gasteiger partial charge in [0, 0.05) is 44.3 Å². The number of halogens is 1. The van der Waals surface area contributed by atoms with Crippen LogP contribution in [0, 0.1) is 5.92 Å². The molecule has 1 atom stereocenters. The van der Waals surface area contributed by atoms with Crippen molar-refractivity contribution >= 4 is 17.5 Å². The van der Waals surface area contributed by atoms with Crippen LogP contribution in [0.2, 0.25) is 5.02 Å². The van der Waals surface area contributed by atoms with E-state index in [0.717, 1.165) is 81.5 Å². The Morgan fingerprint density at radius 2 is 1.81 bits per heavy atom. The van der Waals surface area contributed by atoms with Crippen LogP contribution in [0.1, 0.15) is 29.5 Å². The van der Waals surface area contributed by atoms with Crippen molar-refractivity contribution in [2.24, 2.45) is 5.92 Å². The SMILES string of the molecule is O=C(NCc1cccc(CN2CCOCC2)c1)C1CCCN(Cc2ccccc2Cl)C1. The van der Waals surface area contributed by atoms with Crippen molar-refractivity contribution in [1.82, 2.24) is 15.1 Å². The molecule has 4 rings (SSSR count). The van der Waals surface area contributed by atoms with Gasteiger partial charge in [0.25, 0.3) is 0 Å². The molecule has 31 heavy (non-hydrogen) atoms. The molecule has 0 radical (unpaired) electrons. The zero-order chi connectivity index (χ0) is 21.5. The summed E-state index contributed by atoms with van der Waals surface area (Å²) in [6.45, 7) is 7.69. The lowest BCUT2D eigenvalue weighted by Gasteiger charge is -2.32. The third-order valence-corrected chi connectivity index (χ3v) is 6.56. The van der Waals surface area contributed by atoms with Crippen LogP contribution in [0.3, 0.4) is 0 Å². The maximum atomic E-state index is 12.9. The highest BCUT2D eigenvalue weighted by Crippen LogP contribution is 2.22. The molecule has 0 aromatic heterocycles. The van der Waals surface area contributed by atoms with E-state index in [2.05, 4.69) is 45.4 Å². The fraction of sp³-hybridized carbons (Fsp3) is 0.480. The first kappa shape index (κ1) is 22.3. The smallest absolute Gasteiger partial charge is 0.224 e. The molecular weight excluding hydrogens is 410 g/mol. The molecule has 0 aliphatic carbocycles. The molecule has 5 nitrogen and oxygen atoms in total. The van der Waals surface area contributed by atoms with Crippen molar-refractivity contribution in [2.75, 3.05) is 39.4 Å². The van der Waals surface area contributed by atoms with Crippen molar-refractivity contribution in [3.05, 3.63) is 70.2 Å². The number of piperidine rings is 1. The van der Waals surface area contributed by atoms with E-state index in [0.29, 0.717) is 6.54 Å². The number of morpholine rings is 1. The maximum Gasteiger partial charge on any atom is 0.224 e. The molecule has 2 heterocycles. The molecule has 2 aromatic rings. The Kier molecular flexibility index (Phi) is 7.97. The van der Waals surface area contributed by atoms with Gasteiger partial charge in [-0.15, -0.1) is 0 Å². The topological polar surface area (TPSA) is 44.8 Å². The van der Waals surface area contributed by atoms with Gasteiger partial charge in [-0.1, -0.05) is 54.1 Å². The van der Waals surface area contributed by atoms with Crippen LogP contribution in [0.5, 0.6) is 0 Å². The standard InChI is InChI=1S/C25H32ClN3O2/c26-24-9-2-1-7-22(24)18-29-10-4-8-23(19-29)25(30)27-16-20-5-3-6-21(15-20)17-28-11-13-31-14-12-28/h1-3,5-7,9,15,23H,4,8,10-14,16-19H2,(H,27,30). The number of carbonyl (C=O) groups excluding carboxylic acids is 1. The van der Waals surface area contributed by atoms with Crippen LogP contribution in [-0.2, 0) is 29.2 Å². The summed E-state index contributed by atoms with van der Waals surface area (Å²) < 4.78 is 5.43. The van der Waals surface area contributed by atoms with Gasteiger partial charge in [-0.3, -0.25) is 14.6 Å². The van der Waals surface area contributed by atoms with E-state index in [4.69, 9.17) is 16.3 Å². The van der Waals surface area contributed by atoms with E-state index in [1.807, 2.05) is 18.2 Å². The van der Waals surface area contributed by atoms with E-state index in [9.17, 15) is 4.79 Å². The van der Waals surface area contributed by atoms with Crippen LogP contribution in [0.4, 0.5) is 0 Å². The van der Waals surface area contributed by atoms with Crippen molar-refractivity contribution in [3.8, 4) is 0 Å². The van der Waals surface area contributed by atoms with Gasteiger partial charge in [0.1, 0.15) is 0 Å². The average Bonchev–Trinajstić information content (AvgIpc) is 2.80. The lowest BCUT2D eigenvalue weighted by Crippen LogP contribution is -2.42. The highest BCUT2D eigenvalue weighted by molar-refractivity contribution is 6.31. The summed E-state index contributed by atoms with van der Waals surface area (Å²) in [6, 6.07) is 16.5. The van der Waals surface area contributed by atoms with Crippen molar-refractivity contribution < 1.29 is 9.53 Å². The van der Waals surface area contributed by atoms with Gasteiger partial charge in [0.05, 0.1) is 19.1 Å². The Morgan fingerprint density at radius 1 is 1.00 bits per heavy atom. The number of hydrogen-bond acceptors (Lipinski definition) is 4. The Balaban J connectivity index is 1.27. The van der Waals surface area contributed by atoms with E-state index in [1.165, 1.54) is 5.56 Å². The number of benzene rings is 2. The second kappa shape index (κ2) is 11.1. The first-order valence-corrected chi connectivity index (χ1v) is 11.7. The molecule has 0 bridgehead atoms. The Bertz CT molecular complexity index is 869. The lowest BCUT2D eigenvalue weighted by atomic mass is 9.96. The predicted octanol–water partition coefficient (Wildman–Crippen LogP) is 3.70. The van der Waals surface area contributed by atoms with Gasteiger partial charge in [-0.2, -0.15) is 0 Å². The predicted molar refractivity (Wildman–Crippen MR) is 124 cm³/mol. The number of hydrogen-bond donors (Lipinski definition) is 1. The normalized spacial score (nSPS) is 20.5. The molecule has 1 unspecified atom stereocenters.